The fourth-order valence-electron chi connectivity index (χ4n) is 2.00. The first kappa shape index (κ1) is 12.4. The minimum Gasteiger partial charge on any atom is -0.356 e. The SMILES string of the molecule is CN1CCN(CCCNC2=NC=C[CH]N2)CC1. The maximum atomic E-state index is 4.19. The number of hydrogen-bond acceptors (Lipinski definition) is 5. The van der Waals surface area contributed by atoms with Gasteiger partial charge in [0.05, 0.1) is 6.54 Å². The smallest absolute Gasteiger partial charge is 0.196 e. The van der Waals surface area contributed by atoms with E-state index < -0.39 is 0 Å². The second kappa shape index (κ2) is 6.61. The number of nitrogens with zero attached hydrogens (tertiary/aromatic N) is 3. The highest BCUT2D eigenvalue weighted by molar-refractivity contribution is 5.81. The molecular formula is C12H22N5. The highest BCUT2D eigenvalue weighted by Gasteiger charge is 2.12. The summed E-state index contributed by atoms with van der Waals surface area (Å²) in [5.74, 6) is 0.853. The molecule has 95 valence electrons. The quantitative estimate of drug-likeness (QED) is 0.666. The second-order valence-corrected chi connectivity index (χ2v) is 4.56. The Bertz CT molecular complexity index is 279. The van der Waals surface area contributed by atoms with E-state index in [1.807, 2.05) is 12.6 Å². The first-order valence-electron chi connectivity index (χ1n) is 6.32. The van der Waals surface area contributed by atoms with Gasteiger partial charge in [0.25, 0.3) is 0 Å². The number of guanidine groups is 1. The van der Waals surface area contributed by atoms with Crippen LogP contribution in [0.25, 0.3) is 0 Å². The molecule has 2 N–H and O–H groups in total. The van der Waals surface area contributed by atoms with Crippen LogP contribution in [0.3, 0.4) is 0 Å². The molecule has 0 bridgehead atoms. The van der Waals surface area contributed by atoms with Gasteiger partial charge in [-0.3, -0.25) is 0 Å². The Morgan fingerprint density at radius 1 is 1.35 bits per heavy atom. The monoisotopic (exact) mass is 236 g/mol. The zero-order valence-corrected chi connectivity index (χ0v) is 10.5. The molecule has 2 rings (SSSR count). The van der Waals surface area contributed by atoms with Gasteiger partial charge in [-0.2, -0.15) is 0 Å². The van der Waals surface area contributed by atoms with Crippen molar-refractivity contribution in [3.05, 3.63) is 18.8 Å². The van der Waals surface area contributed by atoms with Gasteiger partial charge in [-0.25, -0.2) is 4.99 Å². The van der Waals surface area contributed by atoms with Crippen LogP contribution < -0.4 is 10.6 Å². The molecule has 0 spiro atoms. The van der Waals surface area contributed by atoms with Crippen molar-refractivity contribution in [3.8, 4) is 0 Å². The summed E-state index contributed by atoms with van der Waals surface area (Å²) in [7, 11) is 2.19. The summed E-state index contributed by atoms with van der Waals surface area (Å²) in [6.45, 7) is 8.82. The number of hydrogen-bond donors (Lipinski definition) is 2. The number of nitrogens with one attached hydrogen (secondary N) is 2. The molecule has 2 aliphatic heterocycles. The maximum absolute atomic E-state index is 4.19. The van der Waals surface area contributed by atoms with E-state index in [4.69, 9.17) is 0 Å². The third-order valence-electron chi connectivity index (χ3n) is 3.15. The van der Waals surface area contributed by atoms with Crippen LogP contribution in [-0.4, -0.2) is 62.1 Å². The van der Waals surface area contributed by atoms with Gasteiger partial charge in [-0.15, -0.1) is 0 Å². The Balaban J connectivity index is 1.54. The highest BCUT2D eigenvalue weighted by atomic mass is 15.2. The largest absolute Gasteiger partial charge is 0.356 e. The summed E-state index contributed by atoms with van der Waals surface area (Å²) in [6, 6.07) is 0. The van der Waals surface area contributed by atoms with Gasteiger partial charge in [0.1, 0.15) is 0 Å². The minimum absolute atomic E-state index is 0.853. The molecular weight excluding hydrogens is 214 g/mol. The van der Waals surface area contributed by atoms with E-state index in [9.17, 15) is 0 Å². The lowest BCUT2D eigenvalue weighted by Gasteiger charge is -2.32. The van der Waals surface area contributed by atoms with Gasteiger partial charge in [-0.1, -0.05) is 0 Å². The molecule has 0 aromatic carbocycles. The molecule has 0 saturated carbocycles. The summed E-state index contributed by atoms with van der Waals surface area (Å²) in [5, 5.41) is 6.36. The van der Waals surface area contributed by atoms with Crippen LogP contribution in [0.15, 0.2) is 17.3 Å². The van der Waals surface area contributed by atoms with Crippen LogP contribution in [0, 0.1) is 6.54 Å². The van der Waals surface area contributed by atoms with Gasteiger partial charge in [0.15, 0.2) is 5.96 Å². The van der Waals surface area contributed by atoms with Gasteiger partial charge in [0, 0.05) is 38.9 Å². The predicted molar refractivity (Wildman–Crippen MR) is 70.6 cm³/mol. The Morgan fingerprint density at radius 3 is 2.88 bits per heavy atom. The van der Waals surface area contributed by atoms with Crippen molar-refractivity contribution in [3.63, 3.8) is 0 Å². The van der Waals surface area contributed by atoms with E-state index >= 15 is 0 Å². The third kappa shape index (κ3) is 4.36. The topological polar surface area (TPSA) is 42.9 Å². The zero-order valence-electron chi connectivity index (χ0n) is 10.5. The van der Waals surface area contributed by atoms with E-state index in [2.05, 4.69) is 32.5 Å². The Morgan fingerprint density at radius 2 is 2.18 bits per heavy atom. The maximum Gasteiger partial charge on any atom is 0.196 e. The average Bonchev–Trinajstić information content (AvgIpc) is 2.38. The van der Waals surface area contributed by atoms with Crippen LogP contribution >= 0.6 is 0 Å². The van der Waals surface area contributed by atoms with Crippen LogP contribution in [0.5, 0.6) is 0 Å². The standard InChI is InChI=1S/C12H22N5/c1-16-8-10-17(11-9-16)7-3-6-15-12-13-4-2-5-14-12/h2,4-5H,3,6-11H2,1H3,(H2,13,14,15). The molecule has 0 amide bonds. The second-order valence-electron chi connectivity index (χ2n) is 4.56. The van der Waals surface area contributed by atoms with Crippen molar-refractivity contribution in [1.29, 1.82) is 0 Å². The fourth-order valence-corrected chi connectivity index (χ4v) is 2.00. The summed E-state index contributed by atoms with van der Waals surface area (Å²) in [5.41, 5.74) is 0. The van der Waals surface area contributed by atoms with E-state index in [1.54, 1.807) is 6.20 Å². The normalized spacial score (nSPS) is 22.1. The van der Waals surface area contributed by atoms with E-state index in [0.717, 1.165) is 18.9 Å². The molecule has 5 heteroatoms. The number of likely N-dealkylation sites (N-methyl/N-ethyl adjacent to an activating group) is 1. The Hall–Kier alpha value is -1.07. The molecule has 0 aliphatic carbocycles. The van der Waals surface area contributed by atoms with Gasteiger partial charge >= 0.3 is 0 Å². The van der Waals surface area contributed by atoms with Crippen molar-refractivity contribution < 1.29 is 0 Å². The number of aliphatic imine (C=N–C) groups is 1. The molecule has 0 unspecified atom stereocenters. The van der Waals surface area contributed by atoms with Gasteiger partial charge in [-0.05, 0) is 26.1 Å². The lowest BCUT2D eigenvalue weighted by atomic mass is 10.3. The summed E-state index contributed by atoms with van der Waals surface area (Å²) in [6.07, 6.45) is 4.84. The third-order valence-corrected chi connectivity index (χ3v) is 3.15. The van der Waals surface area contributed by atoms with Crippen LogP contribution in [0.1, 0.15) is 6.42 Å². The Labute approximate surface area is 104 Å². The first-order valence-corrected chi connectivity index (χ1v) is 6.32. The molecule has 0 atom stereocenters. The van der Waals surface area contributed by atoms with Crippen molar-refractivity contribution in [1.82, 2.24) is 20.4 Å². The lowest BCUT2D eigenvalue weighted by Crippen LogP contribution is -2.45. The van der Waals surface area contributed by atoms with Crippen molar-refractivity contribution >= 4 is 5.96 Å². The zero-order chi connectivity index (χ0) is 11.9. The van der Waals surface area contributed by atoms with Gasteiger partial charge in [0.2, 0.25) is 0 Å². The average molecular weight is 236 g/mol. The van der Waals surface area contributed by atoms with Crippen molar-refractivity contribution in [2.75, 3.05) is 46.3 Å². The highest BCUT2D eigenvalue weighted by Crippen LogP contribution is 1.99. The molecule has 2 heterocycles. The predicted octanol–water partition coefficient (Wildman–Crippen LogP) is -0.152. The van der Waals surface area contributed by atoms with E-state index in [0.29, 0.717) is 0 Å². The van der Waals surface area contributed by atoms with Crippen LogP contribution in [-0.2, 0) is 0 Å². The molecule has 1 saturated heterocycles. The lowest BCUT2D eigenvalue weighted by molar-refractivity contribution is 0.153. The van der Waals surface area contributed by atoms with Crippen LogP contribution in [0.2, 0.25) is 0 Å². The van der Waals surface area contributed by atoms with Crippen molar-refractivity contribution in [2.24, 2.45) is 4.99 Å². The molecule has 1 fully saturated rings. The fraction of sp³-hybridized carbons (Fsp3) is 0.667. The molecule has 0 aromatic heterocycles. The van der Waals surface area contributed by atoms with Crippen molar-refractivity contribution in [2.45, 2.75) is 6.42 Å². The molecule has 2 aliphatic rings. The summed E-state index contributed by atoms with van der Waals surface area (Å²) >= 11 is 0. The van der Waals surface area contributed by atoms with Gasteiger partial charge < -0.3 is 20.4 Å². The summed E-state index contributed by atoms with van der Waals surface area (Å²) < 4.78 is 0. The molecule has 5 nitrogen and oxygen atoms in total. The summed E-state index contributed by atoms with van der Waals surface area (Å²) in [4.78, 5) is 9.10. The number of piperazine rings is 1. The minimum atomic E-state index is 0.853. The Kier molecular flexibility index (Phi) is 4.82. The van der Waals surface area contributed by atoms with Crippen LogP contribution in [0.4, 0.5) is 0 Å². The van der Waals surface area contributed by atoms with E-state index in [-0.39, 0.29) is 0 Å². The number of rotatable bonds is 4. The first-order chi connectivity index (χ1) is 8.34. The molecule has 17 heavy (non-hydrogen) atoms. The van der Waals surface area contributed by atoms with E-state index in [1.165, 1.54) is 32.7 Å². The molecule has 1 radical (unpaired) electrons. The molecule has 0 aromatic rings.